The molecule has 1 aromatic heterocycles. The van der Waals surface area contributed by atoms with Crippen molar-refractivity contribution in [2.45, 2.75) is 44.5 Å². The Hall–Kier alpha value is -1.75. The quantitative estimate of drug-likeness (QED) is 0.830. The number of amides is 1. The molecule has 1 N–H and O–H groups in total. The molecule has 0 unspecified atom stereocenters. The Bertz CT molecular complexity index is 651. The fourth-order valence-corrected chi connectivity index (χ4v) is 3.06. The maximum Gasteiger partial charge on any atom is 0.233 e. The van der Waals surface area contributed by atoms with E-state index in [-0.39, 0.29) is 11.2 Å². The first-order valence-corrected chi connectivity index (χ1v) is 8.46. The van der Waals surface area contributed by atoms with Crippen LogP contribution in [-0.4, -0.2) is 27.3 Å². The molecule has 2 aromatic rings. The number of hydrogen-bond donors (Lipinski definition) is 1. The summed E-state index contributed by atoms with van der Waals surface area (Å²) in [5.41, 5.74) is 3.59. The number of nitrogens with one attached hydrogen (secondary N) is 1. The van der Waals surface area contributed by atoms with Gasteiger partial charge in [0.15, 0.2) is 5.16 Å². The highest BCUT2D eigenvalue weighted by atomic mass is 32.2. The van der Waals surface area contributed by atoms with Gasteiger partial charge in [-0.05, 0) is 44.4 Å². The van der Waals surface area contributed by atoms with Crippen molar-refractivity contribution >= 4 is 17.7 Å². The van der Waals surface area contributed by atoms with Crippen LogP contribution in [0.25, 0.3) is 5.69 Å². The van der Waals surface area contributed by atoms with Crippen LogP contribution in [0.3, 0.4) is 0 Å². The maximum atomic E-state index is 12.0. The zero-order chi connectivity index (χ0) is 16.1. The molecule has 0 fully saturated rings. The molecular weight excluding hydrogens is 294 g/mol. The Kier molecular flexibility index (Phi) is 5.66. The number of carbonyl (C=O) groups is 1. The fraction of sp³-hybridized carbons (Fsp3) is 0.412. The molecule has 0 aliphatic heterocycles. The van der Waals surface area contributed by atoms with Crippen LogP contribution in [0.2, 0.25) is 0 Å². The van der Waals surface area contributed by atoms with E-state index in [9.17, 15) is 4.79 Å². The third kappa shape index (κ3) is 3.71. The zero-order valence-corrected chi connectivity index (χ0v) is 14.4. The summed E-state index contributed by atoms with van der Waals surface area (Å²) >= 11 is 1.48. The molecule has 0 radical (unpaired) electrons. The van der Waals surface area contributed by atoms with E-state index in [1.165, 1.54) is 22.9 Å². The van der Waals surface area contributed by atoms with E-state index in [1.54, 1.807) is 6.20 Å². The average Bonchev–Trinajstić information content (AvgIpc) is 2.95. The zero-order valence-electron chi connectivity index (χ0n) is 13.6. The Morgan fingerprint density at radius 1 is 1.41 bits per heavy atom. The summed E-state index contributed by atoms with van der Waals surface area (Å²) in [4.78, 5) is 16.4. The highest BCUT2D eigenvalue weighted by Crippen LogP contribution is 2.27. The van der Waals surface area contributed by atoms with Gasteiger partial charge in [-0.2, -0.15) is 0 Å². The number of imidazole rings is 1. The highest BCUT2D eigenvalue weighted by molar-refractivity contribution is 8.00. The van der Waals surface area contributed by atoms with Crippen molar-refractivity contribution in [3.05, 3.63) is 41.7 Å². The van der Waals surface area contributed by atoms with Crippen LogP contribution in [0.4, 0.5) is 0 Å². The van der Waals surface area contributed by atoms with Gasteiger partial charge in [0, 0.05) is 18.9 Å². The van der Waals surface area contributed by atoms with E-state index < -0.39 is 0 Å². The summed E-state index contributed by atoms with van der Waals surface area (Å²) in [6.45, 7) is 8.89. The minimum atomic E-state index is -0.169. The molecule has 1 atom stereocenters. The molecule has 0 spiro atoms. The predicted molar refractivity (Wildman–Crippen MR) is 91.7 cm³/mol. The summed E-state index contributed by atoms with van der Waals surface area (Å²) < 4.78 is 2.05. The van der Waals surface area contributed by atoms with Gasteiger partial charge in [0.25, 0.3) is 0 Å². The molecule has 1 amide bonds. The topological polar surface area (TPSA) is 46.9 Å². The van der Waals surface area contributed by atoms with Crippen LogP contribution in [0, 0.1) is 13.8 Å². The number of carbonyl (C=O) groups excluding carboxylic acids is 1. The van der Waals surface area contributed by atoms with E-state index in [0.717, 1.165) is 23.8 Å². The smallest absolute Gasteiger partial charge is 0.233 e. The number of thioether (sulfide) groups is 1. The second-order valence-corrected chi connectivity index (χ2v) is 6.66. The lowest BCUT2D eigenvalue weighted by Crippen LogP contribution is -2.31. The molecule has 5 heteroatoms. The molecule has 0 saturated carbocycles. The van der Waals surface area contributed by atoms with Gasteiger partial charge in [0.1, 0.15) is 0 Å². The summed E-state index contributed by atoms with van der Waals surface area (Å²) in [6.07, 6.45) is 4.67. The van der Waals surface area contributed by atoms with E-state index in [0.29, 0.717) is 0 Å². The van der Waals surface area contributed by atoms with Crippen LogP contribution in [0.1, 0.15) is 31.4 Å². The molecule has 1 heterocycles. The van der Waals surface area contributed by atoms with E-state index in [1.807, 2.05) is 26.1 Å². The van der Waals surface area contributed by atoms with Crippen LogP contribution >= 0.6 is 11.8 Å². The van der Waals surface area contributed by atoms with Crippen molar-refractivity contribution in [2.24, 2.45) is 0 Å². The largest absolute Gasteiger partial charge is 0.355 e. The lowest BCUT2D eigenvalue weighted by molar-refractivity contribution is -0.120. The predicted octanol–water partition coefficient (Wildman–Crippen LogP) is 3.50. The lowest BCUT2D eigenvalue weighted by atomic mass is 10.1. The first-order valence-electron chi connectivity index (χ1n) is 7.59. The van der Waals surface area contributed by atoms with E-state index in [4.69, 9.17) is 0 Å². The molecule has 118 valence electrons. The van der Waals surface area contributed by atoms with E-state index in [2.05, 4.69) is 40.8 Å². The van der Waals surface area contributed by atoms with Crippen molar-refractivity contribution < 1.29 is 4.79 Å². The molecule has 22 heavy (non-hydrogen) atoms. The molecule has 0 bridgehead atoms. The average molecular weight is 317 g/mol. The first-order chi connectivity index (χ1) is 10.5. The Morgan fingerprint density at radius 3 is 2.91 bits per heavy atom. The minimum absolute atomic E-state index is 0.0577. The van der Waals surface area contributed by atoms with Crippen molar-refractivity contribution in [1.82, 2.24) is 14.9 Å². The second-order valence-electron chi connectivity index (χ2n) is 5.35. The van der Waals surface area contributed by atoms with Crippen molar-refractivity contribution in [3.63, 3.8) is 0 Å². The normalized spacial score (nSPS) is 12.2. The Morgan fingerprint density at radius 2 is 2.18 bits per heavy atom. The molecule has 0 saturated heterocycles. The van der Waals surface area contributed by atoms with Gasteiger partial charge in [-0.3, -0.25) is 9.36 Å². The van der Waals surface area contributed by atoms with Gasteiger partial charge < -0.3 is 5.32 Å². The van der Waals surface area contributed by atoms with Gasteiger partial charge in [-0.1, -0.05) is 30.8 Å². The molecule has 2 rings (SSSR count). The summed E-state index contributed by atoms with van der Waals surface area (Å²) in [6, 6.07) is 6.22. The van der Waals surface area contributed by atoms with Gasteiger partial charge >= 0.3 is 0 Å². The third-order valence-corrected chi connectivity index (χ3v) is 4.72. The Balaban J connectivity index is 2.20. The number of rotatable bonds is 6. The third-order valence-electron chi connectivity index (χ3n) is 3.64. The van der Waals surface area contributed by atoms with Crippen molar-refractivity contribution in [2.75, 3.05) is 6.54 Å². The number of nitrogens with zero attached hydrogens (tertiary/aromatic N) is 2. The molecule has 1 aromatic carbocycles. The van der Waals surface area contributed by atoms with Crippen LogP contribution in [-0.2, 0) is 4.79 Å². The fourth-order valence-electron chi connectivity index (χ4n) is 2.16. The summed E-state index contributed by atoms with van der Waals surface area (Å²) in [7, 11) is 0. The molecule has 4 nitrogen and oxygen atoms in total. The van der Waals surface area contributed by atoms with E-state index >= 15 is 0 Å². The highest BCUT2D eigenvalue weighted by Gasteiger charge is 2.17. The van der Waals surface area contributed by atoms with Crippen molar-refractivity contribution in [1.29, 1.82) is 0 Å². The van der Waals surface area contributed by atoms with Crippen LogP contribution < -0.4 is 5.32 Å². The summed E-state index contributed by atoms with van der Waals surface area (Å²) in [5, 5.41) is 3.60. The standard InChI is InChI=1S/C17H23N3OS/c1-5-9-18-16(21)14(4)22-17-19-10-11-20(17)15-8-6-7-12(2)13(15)3/h6-8,10-11,14H,5,9H2,1-4H3,(H,18,21)/t14-/m0/s1. The van der Waals surface area contributed by atoms with Crippen LogP contribution in [0.15, 0.2) is 35.7 Å². The molecule has 0 aliphatic rings. The van der Waals surface area contributed by atoms with Gasteiger partial charge in [0.05, 0.1) is 10.9 Å². The van der Waals surface area contributed by atoms with Crippen molar-refractivity contribution in [3.8, 4) is 5.69 Å². The van der Waals surface area contributed by atoms with Gasteiger partial charge in [-0.15, -0.1) is 0 Å². The lowest BCUT2D eigenvalue weighted by Gasteiger charge is -2.15. The summed E-state index contributed by atoms with van der Waals surface area (Å²) in [5.74, 6) is 0.0577. The Labute approximate surface area is 136 Å². The monoisotopic (exact) mass is 317 g/mol. The van der Waals surface area contributed by atoms with Gasteiger partial charge in [-0.25, -0.2) is 4.98 Å². The molecule has 0 aliphatic carbocycles. The first kappa shape index (κ1) is 16.6. The number of hydrogen-bond acceptors (Lipinski definition) is 3. The number of aryl methyl sites for hydroxylation is 1. The van der Waals surface area contributed by atoms with Crippen LogP contribution in [0.5, 0.6) is 0 Å². The van der Waals surface area contributed by atoms with Gasteiger partial charge in [0.2, 0.25) is 5.91 Å². The minimum Gasteiger partial charge on any atom is -0.355 e. The maximum absolute atomic E-state index is 12.0. The number of benzene rings is 1. The molecular formula is C17H23N3OS. The second kappa shape index (κ2) is 7.49. The SMILES string of the molecule is CCCNC(=O)[C@H](C)Sc1nccn1-c1cccc(C)c1C. The number of aromatic nitrogens is 2.